The van der Waals surface area contributed by atoms with Crippen molar-refractivity contribution in [2.24, 2.45) is 0 Å². The van der Waals surface area contributed by atoms with E-state index in [4.69, 9.17) is 18.9 Å². The number of hydrogen-bond acceptors (Lipinski definition) is 6. The van der Waals surface area contributed by atoms with E-state index in [2.05, 4.69) is 5.32 Å². The molecule has 0 unspecified atom stereocenters. The molecule has 3 aromatic rings. The average Bonchev–Trinajstić information content (AvgIpc) is 2.90. The quantitative estimate of drug-likeness (QED) is 0.524. The first-order valence-corrected chi connectivity index (χ1v) is 11.1. The maximum atomic E-state index is 15.0. The van der Waals surface area contributed by atoms with Crippen LogP contribution in [0.1, 0.15) is 33.4 Å². The SMILES string of the molecule is COc1ccc(NC(=O)[C@H]2c3cc(OC)c(OC)cc3C(=O)N(C)[C@H]2c2ccccc2F)cc1OC. The van der Waals surface area contributed by atoms with Gasteiger partial charge in [-0.05, 0) is 35.9 Å². The molecule has 0 spiro atoms. The van der Waals surface area contributed by atoms with Gasteiger partial charge in [0.25, 0.3) is 5.91 Å². The van der Waals surface area contributed by atoms with Gasteiger partial charge >= 0.3 is 0 Å². The second-order valence-electron chi connectivity index (χ2n) is 8.21. The van der Waals surface area contributed by atoms with Crippen LogP contribution in [0.2, 0.25) is 0 Å². The van der Waals surface area contributed by atoms with Crippen molar-refractivity contribution in [2.75, 3.05) is 40.8 Å². The molecule has 0 bridgehead atoms. The van der Waals surface area contributed by atoms with Crippen molar-refractivity contribution in [3.63, 3.8) is 0 Å². The van der Waals surface area contributed by atoms with E-state index in [1.165, 1.54) is 39.4 Å². The Kier molecular flexibility index (Phi) is 7.00. The van der Waals surface area contributed by atoms with Crippen molar-refractivity contribution in [3.8, 4) is 23.0 Å². The van der Waals surface area contributed by atoms with Crippen LogP contribution in [0, 0.1) is 5.82 Å². The summed E-state index contributed by atoms with van der Waals surface area (Å²) in [5.74, 6) is -0.653. The summed E-state index contributed by atoms with van der Waals surface area (Å²) in [5.41, 5.74) is 1.35. The van der Waals surface area contributed by atoms with Gasteiger partial charge in [0.1, 0.15) is 5.82 Å². The molecule has 1 heterocycles. The number of benzene rings is 3. The van der Waals surface area contributed by atoms with Crippen LogP contribution in [0.3, 0.4) is 0 Å². The minimum atomic E-state index is -0.965. The van der Waals surface area contributed by atoms with E-state index in [1.54, 1.807) is 55.6 Å². The average molecular weight is 495 g/mol. The number of anilines is 1. The lowest BCUT2D eigenvalue weighted by Crippen LogP contribution is -2.44. The van der Waals surface area contributed by atoms with Crippen LogP contribution in [-0.2, 0) is 4.79 Å². The van der Waals surface area contributed by atoms with Crippen LogP contribution in [0.5, 0.6) is 23.0 Å². The standard InChI is InChI=1S/C27H27FN2O6/c1-30-25(16-8-6-7-9-19(16)28)24(17-13-22(35-4)23(36-5)14-18(17)27(30)32)26(31)29-15-10-11-20(33-2)21(12-15)34-3/h6-14,24-25H,1-5H3,(H,29,31)/t24-,25-/m0/s1. The molecule has 36 heavy (non-hydrogen) atoms. The Morgan fingerprint density at radius 3 is 2.08 bits per heavy atom. The van der Waals surface area contributed by atoms with Crippen LogP contribution in [0.15, 0.2) is 54.6 Å². The first kappa shape index (κ1) is 24.8. The molecule has 2 atom stereocenters. The van der Waals surface area contributed by atoms with Gasteiger partial charge in [-0.3, -0.25) is 9.59 Å². The van der Waals surface area contributed by atoms with Gasteiger partial charge in [0.2, 0.25) is 5.91 Å². The minimum absolute atomic E-state index is 0.223. The molecular weight excluding hydrogens is 467 g/mol. The Hall–Kier alpha value is -4.27. The van der Waals surface area contributed by atoms with Gasteiger partial charge in [0.15, 0.2) is 23.0 Å². The molecule has 8 nitrogen and oxygen atoms in total. The molecule has 188 valence electrons. The molecule has 9 heteroatoms. The summed E-state index contributed by atoms with van der Waals surface area (Å²) in [6.07, 6.45) is 0. The minimum Gasteiger partial charge on any atom is -0.493 e. The summed E-state index contributed by atoms with van der Waals surface area (Å²) < 4.78 is 36.4. The van der Waals surface area contributed by atoms with Crippen LogP contribution < -0.4 is 24.3 Å². The number of fused-ring (bicyclic) bond motifs is 1. The Bertz CT molecular complexity index is 1310. The molecule has 0 aromatic heterocycles. The summed E-state index contributed by atoms with van der Waals surface area (Å²) in [6.45, 7) is 0. The van der Waals surface area contributed by atoms with Gasteiger partial charge in [0.05, 0.1) is 40.4 Å². The highest BCUT2D eigenvalue weighted by molar-refractivity contribution is 6.05. The lowest BCUT2D eigenvalue weighted by molar-refractivity contribution is -0.119. The normalized spacial score (nSPS) is 16.7. The topological polar surface area (TPSA) is 86.3 Å². The molecule has 0 saturated heterocycles. The third kappa shape index (κ3) is 4.28. The van der Waals surface area contributed by atoms with Gasteiger partial charge in [0, 0.05) is 29.9 Å². The van der Waals surface area contributed by atoms with E-state index in [1.807, 2.05) is 0 Å². The van der Waals surface area contributed by atoms with E-state index in [0.29, 0.717) is 34.2 Å². The highest BCUT2D eigenvalue weighted by Crippen LogP contribution is 2.46. The van der Waals surface area contributed by atoms with E-state index < -0.39 is 23.7 Å². The van der Waals surface area contributed by atoms with Crippen molar-refractivity contribution < 1.29 is 32.9 Å². The fourth-order valence-corrected chi connectivity index (χ4v) is 4.57. The Morgan fingerprint density at radius 1 is 0.833 bits per heavy atom. The molecule has 1 N–H and O–H groups in total. The van der Waals surface area contributed by atoms with E-state index in [-0.39, 0.29) is 17.0 Å². The molecular formula is C27H27FN2O6. The zero-order chi connectivity index (χ0) is 26.0. The van der Waals surface area contributed by atoms with Crippen molar-refractivity contribution >= 4 is 17.5 Å². The number of nitrogens with one attached hydrogen (secondary N) is 1. The zero-order valence-corrected chi connectivity index (χ0v) is 20.6. The van der Waals surface area contributed by atoms with Crippen LogP contribution in [0.25, 0.3) is 0 Å². The summed E-state index contributed by atoms with van der Waals surface area (Å²) in [4.78, 5) is 28.7. The fraction of sp³-hybridized carbons (Fsp3) is 0.259. The smallest absolute Gasteiger partial charge is 0.254 e. The summed E-state index contributed by atoms with van der Waals surface area (Å²) in [6, 6.07) is 13.3. The first-order chi connectivity index (χ1) is 17.3. The predicted octanol–water partition coefficient (Wildman–Crippen LogP) is 4.41. The molecule has 0 fully saturated rings. The van der Waals surface area contributed by atoms with Gasteiger partial charge in [-0.25, -0.2) is 4.39 Å². The van der Waals surface area contributed by atoms with Gasteiger partial charge in [-0.2, -0.15) is 0 Å². The fourth-order valence-electron chi connectivity index (χ4n) is 4.57. The summed E-state index contributed by atoms with van der Waals surface area (Å²) >= 11 is 0. The van der Waals surface area contributed by atoms with Crippen LogP contribution in [0.4, 0.5) is 10.1 Å². The molecule has 1 aliphatic rings. The van der Waals surface area contributed by atoms with E-state index in [0.717, 1.165) is 0 Å². The van der Waals surface area contributed by atoms with Crippen molar-refractivity contribution in [1.82, 2.24) is 4.90 Å². The van der Waals surface area contributed by atoms with Crippen molar-refractivity contribution in [1.29, 1.82) is 0 Å². The van der Waals surface area contributed by atoms with E-state index in [9.17, 15) is 9.59 Å². The number of carbonyl (C=O) groups is 2. The monoisotopic (exact) mass is 494 g/mol. The Labute approximate surface area is 208 Å². The number of halogens is 1. The highest BCUT2D eigenvalue weighted by Gasteiger charge is 2.44. The molecule has 2 amide bonds. The molecule has 1 aliphatic heterocycles. The zero-order valence-electron chi connectivity index (χ0n) is 20.6. The van der Waals surface area contributed by atoms with Crippen LogP contribution in [-0.4, -0.2) is 52.2 Å². The second-order valence-corrected chi connectivity index (χ2v) is 8.21. The number of carbonyl (C=O) groups excluding carboxylic acids is 2. The number of ether oxygens (including phenoxy) is 4. The van der Waals surface area contributed by atoms with Crippen LogP contribution >= 0.6 is 0 Å². The predicted molar refractivity (Wildman–Crippen MR) is 132 cm³/mol. The van der Waals surface area contributed by atoms with Crippen molar-refractivity contribution in [3.05, 3.63) is 77.1 Å². The highest BCUT2D eigenvalue weighted by atomic mass is 19.1. The Morgan fingerprint density at radius 2 is 1.44 bits per heavy atom. The maximum absolute atomic E-state index is 15.0. The molecule has 0 aliphatic carbocycles. The lowest BCUT2D eigenvalue weighted by atomic mass is 9.79. The second kappa shape index (κ2) is 10.2. The lowest BCUT2D eigenvalue weighted by Gasteiger charge is -2.40. The molecule has 3 aromatic carbocycles. The largest absolute Gasteiger partial charge is 0.493 e. The summed E-state index contributed by atoms with van der Waals surface area (Å²) in [7, 11) is 7.49. The Balaban J connectivity index is 1.87. The summed E-state index contributed by atoms with van der Waals surface area (Å²) in [5, 5.41) is 2.89. The number of nitrogens with zero attached hydrogens (tertiary/aromatic N) is 1. The van der Waals surface area contributed by atoms with Crippen molar-refractivity contribution in [2.45, 2.75) is 12.0 Å². The van der Waals surface area contributed by atoms with Gasteiger partial charge in [-0.15, -0.1) is 0 Å². The van der Waals surface area contributed by atoms with E-state index >= 15 is 4.39 Å². The van der Waals surface area contributed by atoms with Gasteiger partial charge in [-0.1, -0.05) is 18.2 Å². The number of amides is 2. The number of rotatable bonds is 7. The molecule has 0 saturated carbocycles. The number of hydrogen-bond donors (Lipinski definition) is 1. The first-order valence-electron chi connectivity index (χ1n) is 11.1. The third-order valence-corrected chi connectivity index (χ3v) is 6.33. The van der Waals surface area contributed by atoms with Gasteiger partial charge < -0.3 is 29.2 Å². The molecule has 4 rings (SSSR count). The molecule has 0 radical (unpaired) electrons. The maximum Gasteiger partial charge on any atom is 0.254 e. The third-order valence-electron chi connectivity index (χ3n) is 6.33. The number of likely N-dealkylation sites (N-methyl/N-ethyl adjacent to an activating group) is 1. The number of methoxy groups -OCH3 is 4.